The van der Waals surface area contributed by atoms with Gasteiger partial charge in [0.05, 0.1) is 11.1 Å². The van der Waals surface area contributed by atoms with E-state index in [1.165, 1.54) is 6.08 Å². The molecule has 0 aliphatic carbocycles. The van der Waals surface area contributed by atoms with E-state index in [1.54, 1.807) is 42.5 Å². The number of nitrogens with zero attached hydrogens (tertiary/aromatic N) is 3. The van der Waals surface area contributed by atoms with E-state index in [0.717, 1.165) is 22.0 Å². The number of hydrogen-bond donors (Lipinski definition) is 1. The Kier molecular flexibility index (Phi) is 7.08. The summed E-state index contributed by atoms with van der Waals surface area (Å²) in [5.74, 6) is -2.18. The zero-order valence-corrected chi connectivity index (χ0v) is 21.3. The minimum Gasteiger partial charge on any atom is -0.436 e. The van der Waals surface area contributed by atoms with E-state index in [0.29, 0.717) is 28.4 Å². The van der Waals surface area contributed by atoms with Gasteiger partial charge in [0.25, 0.3) is 17.0 Å². The number of carbonyl (C=O) groups is 3. The van der Waals surface area contributed by atoms with Gasteiger partial charge in [0, 0.05) is 11.3 Å². The number of hydrogen-bond acceptors (Lipinski definition) is 7. The zero-order valence-electron chi connectivity index (χ0n) is 19.8. The molecule has 0 spiro atoms. The first kappa shape index (κ1) is 25.4. The number of fused-ring (bicyclic) bond motifs is 1. The summed E-state index contributed by atoms with van der Waals surface area (Å²) in [6, 6.07) is 17.8. The second kappa shape index (κ2) is 10.6. The van der Waals surface area contributed by atoms with E-state index in [9.17, 15) is 18.8 Å². The normalized spacial score (nSPS) is 14.4. The van der Waals surface area contributed by atoms with Gasteiger partial charge in [-0.1, -0.05) is 42.5 Å². The Morgan fingerprint density at radius 1 is 1.16 bits per heavy atom. The van der Waals surface area contributed by atoms with Gasteiger partial charge in [0.1, 0.15) is 12.3 Å². The largest absolute Gasteiger partial charge is 0.436 e. The fraction of sp³-hybridized carbons (Fsp3) is 0.0741. The van der Waals surface area contributed by atoms with Gasteiger partial charge in [0.15, 0.2) is 0 Å². The van der Waals surface area contributed by atoms with E-state index in [1.807, 2.05) is 25.1 Å². The SMILES string of the molecule is Cc1cccc(NC(=O)CN2C(=O)S/C(=C/c3c(Oc4nc(Cl)ncc4F)ccc4ccccc34)C2=O)c1. The summed E-state index contributed by atoms with van der Waals surface area (Å²) in [7, 11) is 0. The van der Waals surface area contributed by atoms with Crippen LogP contribution < -0.4 is 10.1 Å². The average molecular weight is 549 g/mol. The lowest BCUT2D eigenvalue weighted by Crippen LogP contribution is -2.36. The maximum atomic E-state index is 14.3. The number of amides is 3. The Balaban J connectivity index is 1.46. The predicted octanol–water partition coefficient (Wildman–Crippen LogP) is 6.20. The summed E-state index contributed by atoms with van der Waals surface area (Å²) >= 11 is 6.50. The van der Waals surface area contributed by atoms with Gasteiger partial charge in [0.2, 0.25) is 17.0 Å². The Bertz CT molecular complexity index is 1640. The van der Waals surface area contributed by atoms with Gasteiger partial charge in [-0.05, 0) is 70.9 Å². The molecule has 3 amide bonds. The summed E-state index contributed by atoms with van der Waals surface area (Å²) in [6.45, 7) is 1.44. The lowest BCUT2D eigenvalue weighted by atomic mass is 10.0. The first-order valence-corrected chi connectivity index (χ1v) is 12.5. The molecule has 0 bridgehead atoms. The number of nitrogens with one attached hydrogen (secondary N) is 1. The maximum absolute atomic E-state index is 14.3. The van der Waals surface area contributed by atoms with E-state index in [-0.39, 0.29) is 15.9 Å². The molecule has 1 aliphatic rings. The average Bonchev–Trinajstić information content (AvgIpc) is 3.14. The maximum Gasteiger partial charge on any atom is 0.294 e. The molecule has 38 heavy (non-hydrogen) atoms. The van der Waals surface area contributed by atoms with Gasteiger partial charge < -0.3 is 10.1 Å². The summed E-state index contributed by atoms with van der Waals surface area (Å²) in [6.07, 6.45) is 2.38. The third-order valence-electron chi connectivity index (χ3n) is 5.57. The smallest absolute Gasteiger partial charge is 0.294 e. The molecule has 1 aliphatic heterocycles. The molecule has 0 unspecified atom stereocenters. The molecule has 1 saturated heterocycles. The topological polar surface area (TPSA) is 101 Å². The second-order valence-electron chi connectivity index (χ2n) is 8.28. The van der Waals surface area contributed by atoms with Crippen LogP contribution in [-0.4, -0.2) is 38.5 Å². The third kappa shape index (κ3) is 5.36. The van der Waals surface area contributed by atoms with Crippen molar-refractivity contribution in [3.63, 3.8) is 0 Å². The molecule has 190 valence electrons. The number of halogens is 2. The lowest BCUT2D eigenvalue weighted by molar-refractivity contribution is -0.127. The van der Waals surface area contributed by atoms with Crippen molar-refractivity contribution < 1.29 is 23.5 Å². The summed E-state index contributed by atoms with van der Waals surface area (Å²) < 4.78 is 20.0. The fourth-order valence-electron chi connectivity index (χ4n) is 3.85. The molecule has 3 aromatic carbocycles. The quantitative estimate of drug-likeness (QED) is 0.226. The van der Waals surface area contributed by atoms with E-state index >= 15 is 0 Å². The van der Waals surface area contributed by atoms with Crippen LogP contribution in [0.2, 0.25) is 5.28 Å². The highest BCUT2D eigenvalue weighted by Crippen LogP contribution is 2.38. The lowest BCUT2D eigenvalue weighted by Gasteiger charge is -2.13. The molecule has 1 N–H and O–H groups in total. The van der Waals surface area contributed by atoms with Crippen molar-refractivity contribution in [3.05, 3.63) is 94.0 Å². The van der Waals surface area contributed by atoms with Crippen molar-refractivity contribution in [1.29, 1.82) is 0 Å². The van der Waals surface area contributed by atoms with Crippen molar-refractivity contribution in [2.45, 2.75) is 6.92 Å². The van der Waals surface area contributed by atoms with Gasteiger partial charge in [-0.2, -0.15) is 9.37 Å². The molecule has 2 heterocycles. The minimum absolute atomic E-state index is 0.0840. The van der Waals surface area contributed by atoms with Crippen LogP contribution in [0.5, 0.6) is 11.6 Å². The Hall–Kier alpha value is -4.28. The van der Waals surface area contributed by atoms with Crippen LogP contribution in [-0.2, 0) is 9.59 Å². The van der Waals surface area contributed by atoms with Crippen LogP contribution in [0.15, 0.2) is 71.8 Å². The van der Waals surface area contributed by atoms with E-state index in [2.05, 4.69) is 15.3 Å². The predicted molar refractivity (Wildman–Crippen MR) is 144 cm³/mol. The van der Waals surface area contributed by atoms with Crippen LogP contribution >= 0.6 is 23.4 Å². The van der Waals surface area contributed by atoms with Crippen LogP contribution in [0, 0.1) is 12.7 Å². The molecule has 0 radical (unpaired) electrons. The van der Waals surface area contributed by atoms with Gasteiger partial charge in [-0.25, -0.2) is 4.98 Å². The van der Waals surface area contributed by atoms with E-state index in [4.69, 9.17) is 16.3 Å². The van der Waals surface area contributed by atoms with Gasteiger partial charge >= 0.3 is 0 Å². The van der Waals surface area contributed by atoms with Crippen LogP contribution in [0.4, 0.5) is 14.9 Å². The second-order valence-corrected chi connectivity index (χ2v) is 9.61. The number of imide groups is 1. The number of aryl methyl sites for hydroxylation is 1. The highest BCUT2D eigenvalue weighted by Gasteiger charge is 2.36. The molecule has 0 atom stereocenters. The van der Waals surface area contributed by atoms with Crippen LogP contribution in [0.1, 0.15) is 11.1 Å². The van der Waals surface area contributed by atoms with Gasteiger partial charge in [-0.3, -0.25) is 19.3 Å². The molecule has 11 heteroatoms. The Morgan fingerprint density at radius 2 is 1.97 bits per heavy atom. The Labute approximate surface area is 225 Å². The molecular weight excluding hydrogens is 531 g/mol. The molecule has 0 saturated carbocycles. The number of carbonyl (C=O) groups excluding carboxylic acids is 3. The summed E-state index contributed by atoms with van der Waals surface area (Å²) in [5.41, 5.74) is 1.94. The van der Waals surface area contributed by atoms with Crippen molar-refractivity contribution in [2.24, 2.45) is 0 Å². The first-order valence-electron chi connectivity index (χ1n) is 11.3. The zero-order chi connectivity index (χ0) is 26.8. The first-order chi connectivity index (χ1) is 18.3. The number of rotatable bonds is 6. The summed E-state index contributed by atoms with van der Waals surface area (Å²) in [4.78, 5) is 46.7. The standard InChI is InChI=1S/C27H18ClFN4O4S/c1-15-5-4-7-17(11-15)31-23(34)14-33-25(35)22(38-27(33)36)12-19-18-8-3-2-6-16(18)9-10-21(19)37-24-20(29)13-30-26(28)32-24/h2-13H,14H2,1H3,(H,31,34)/b22-12+. The molecule has 8 nitrogen and oxygen atoms in total. The number of anilines is 1. The molecule has 1 fully saturated rings. The highest BCUT2D eigenvalue weighted by atomic mass is 35.5. The fourth-order valence-corrected chi connectivity index (χ4v) is 4.80. The van der Waals surface area contributed by atoms with Crippen molar-refractivity contribution in [1.82, 2.24) is 14.9 Å². The molecular formula is C27H18ClFN4O4S. The highest BCUT2D eigenvalue weighted by molar-refractivity contribution is 8.18. The number of ether oxygens (including phenoxy) is 1. The number of benzene rings is 3. The van der Waals surface area contributed by atoms with Crippen molar-refractivity contribution in [2.75, 3.05) is 11.9 Å². The van der Waals surface area contributed by atoms with Crippen molar-refractivity contribution in [3.8, 4) is 11.6 Å². The molecule has 4 aromatic rings. The van der Waals surface area contributed by atoms with E-state index < -0.39 is 35.3 Å². The van der Waals surface area contributed by atoms with Crippen LogP contribution in [0.25, 0.3) is 16.8 Å². The minimum atomic E-state index is -0.826. The van der Waals surface area contributed by atoms with Gasteiger partial charge in [-0.15, -0.1) is 0 Å². The molecule has 1 aromatic heterocycles. The third-order valence-corrected chi connectivity index (χ3v) is 6.66. The summed E-state index contributed by atoms with van der Waals surface area (Å²) in [5, 5.41) is 3.42. The Morgan fingerprint density at radius 3 is 2.79 bits per heavy atom. The number of aromatic nitrogens is 2. The number of thioether (sulfide) groups is 1. The van der Waals surface area contributed by atoms with Crippen molar-refractivity contribution >= 4 is 63.0 Å². The molecule has 5 rings (SSSR count). The van der Waals surface area contributed by atoms with Crippen LogP contribution in [0.3, 0.4) is 0 Å². The monoisotopic (exact) mass is 548 g/mol.